The van der Waals surface area contributed by atoms with E-state index >= 15 is 0 Å². The summed E-state index contributed by atoms with van der Waals surface area (Å²) >= 11 is 0. The normalized spacial score (nSPS) is 14.1. The molecule has 0 fully saturated rings. The molecule has 0 rings (SSSR count). The largest absolute Gasteiger partial charge is 0.463 e. The monoisotopic (exact) mass is 224 g/mol. The maximum atomic E-state index is 11.2. The van der Waals surface area contributed by atoms with E-state index < -0.39 is 22.0 Å². The van der Waals surface area contributed by atoms with Crippen molar-refractivity contribution in [3.05, 3.63) is 0 Å². The highest BCUT2D eigenvalue weighted by atomic mass is 32.2. The van der Waals surface area contributed by atoms with E-state index in [1.54, 1.807) is 20.8 Å². The molecular formula is C8H16O5S. The van der Waals surface area contributed by atoms with Crippen molar-refractivity contribution < 1.29 is 22.1 Å². The third-order valence-corrected chi connectivity index (χ3v) is 1.85. The molecular weight excluding hydrogens is 208 g/mol. The van der Waals surface area contributed by atoms with Crippen molar-refractivity contribution in [2.45, 2.75) is 26.9 Å². The number of hydrogen-bond acceptors (Lipinski definition) is 5. The number of esters is 1. The molecule has 0 N–H and O–H groups in total. The van der Waals surface area contributed by atoms with E-state index in [1.807, 2.05) is 0 Å². The average Bonchev–Trinajstić information content (AvgIpc) is 1.97. The lowest BCUT2D eigenvalue weighted by Crippen LogP contribution is -2.23. The molecule has 6 heteroatoms. The average molecular weight is 224 g/mol. The van der Waals surface area contributed by atoms with Crippen LogP contribution in [0.4, 0.5) is 0 Å². The fourth-order valence-corrected chi connectivity index (χ4v) is 1.09. The van der Waals surface area contributed by atoms with Crippen LogP contribution in [0.2, 0.25) is 0 Å². The smallest absolute Gasteiger partial charge is 0.311 e. The van der Waals surface area contributed by atoms with E-state index in [2.05, 4.69) is 4.18 Å². The lowest BCUT2D eigenvalue weighted by Gasteiger charge is -2.12. The van der Waals surface area contributed by atoms with Gasteiger partial charge in [-0.25, -0.2) is 0 Å². The molecule has 0 aromatic heterocycles. The highest BCUT2D eigenvalue weighted by Crippen LogP contribution is 2.03. The molecule has 1 atom stereocenters. The maximum Gasteiger partial charge on any atom is 0.311 e. The molecule has 0 amide bonds. The van der Waals surface area contributed by atoms with Crippen LogP contribution >= 0.6 is 0 Å². The molecule has 0 aromatic rings. The zero-order valence-electron chi connectivity index (χ0n) is 8.81. The number of rotatable bonds is 5. The Balaban J connectivity index is 3.97. The Morgan fingerprint density at radius 1 is 1.29 bits per heavy atom. The van der Waals surface area contributed by atoms with Crippen molar-refractivity contribution >= 4 is 16.1 Å². The van der Waals surface area contributed by atoms with Crippen LogP contribution in [-0.4, -0.2) is 33.4 Å². The summed E-state index contributed by atoms with van der Waals surface area (Å²) in [5.74, 6) is -1.03. The number of hydrogen-bond donors (Lipinski definition) is 0. The van der Waals surface area contributed by atoms with Crippen LogP contribution in [0.5, 0.6) is 0 Å². The van der Waals surface area contributed by atoms with E-state index in [4.69, 9.17) is 4.74 Å². The number of carbonyl (C=O) groups excluding carboxylic acids is 1. The summed E-state index contributed by atoms with van der Waals surface area (Å²) in [4.78, 5) is 11.2. The molecule has 0 saturated heterocycles. The van der Waals surface area contributed by atoms with Gasteiger partial charge in [0.15, 0.2) is 0 Å². The van der Waals surface area contributed by atoms with Gasteiger partial charge in [0.25, 0.3) is 10.1 Å². The number of carbonyl (C=O) groups is 1. The van der Waals surface area contributed by atoms with Crippen molar-refractivity contribution in [2.75, 3.05) is 12.9 Å². The molecule has 0 aliphatic rings. The molecule has 0 aromatic carbocycles. The highest BCUT2D eigenvalue weighted by molar-refractivity contribution is 7.85. The van der Waals surface area contributed by atoms with Gasteiger partial charge in [0.1, 0.15) is 0 Å². The third-order valence-electron chi connectivity index (χ3n) is 1.29. The van der Waals surface area contributed by atoms with Crippen molar-refractivity contribution in [3.63, 3.8) is 0 Å². The SMILES string of the molecule is CC(C)OC(=O)C(C)COS(C)(=O)=O. The summed E-state index contributed by atoms with van der Waals surface area (Å²) in [6.07, 6.45) is 0.733. The van der Waals surface area contributed by atoms with E-state index in [0.717, 1.165) is 6.26 Å². The Hall–Kier alpha value is -0.620. The first-order valence-electron chi connectivity index (χ1n) is 4.27. The number of ether oxygens (including phenoxy) is 1. The Labute approximate surface area is 84.5 Å². The van der Waals surface area contributed by atoms with Crippen LogP contribution in [0.1, 0.15) is 20.8 Å². The molecule has 84 valence electrons. The lowest BCUT2D eigenvalue weighted by atomic mass is 10.2. The van der Waals surface area contributed by atoms with E-state index in [9.17, 15) is 13.2 Å². The minimum atomic E-state index is -3.49. The third kappa shape index (κ3) is 6.85. The van der Waals surface area contributed by atoms with Gasteiger partial charge >= 0.3 is 5.97 Å². The van der Waals surface area contributed by atoms with Crippen molar-refractivity contribution in [2.24, 2.45) is 5.92 Å². The maximum absolute atomic E-state index is 11.2. The molecule has 5 nitrogen and oxygen atoms in total. The van der Waals surface area contributed by atoms with E-state index in [1.165, 1.54) is 0 Å². The zero-order valence-corrected chi connectivity index (χ0v) is 9.63. The molecule has 0 heterocycles. The molecule has 0 bridgehead atoms. The van der Waals surface area contributed by atoms with Crippen LogP contribution < -0.4 is 0 Å². The second-order valence-corrected chi connectivity index (χ2v) is 5.02. The standard InChI is InChI=1S/C8H16O5S/c1-6(2)13-8(9)7(3)5-12-14(4,10)11/h6-7H,5H2,1-4H3. The topological polar surface area (TPSA) is 69.7 Å². The van der Waals surface area contributed by atoms with Gasteiger partial charge in [-0.1, -0.05) is 0 Å². The molecule has 14 heavy (non-hydrogen) atoms. The van der Waals surface area contributed by atoms with Gasteiger partial charge in [0, 0.05) is 0 Å². The quantitative estimate of drug-likeness (QED) is 0.504. The van der Waals surface area contributed by atoms with Crippen LogP contribution in [0.25, 0.3) is 0 Å². The summed E-state index contributed by atoms with van der Waals surface area (Å²) in [5, 5.41) is 0. The minimum Gasteiger partial charge on any atom is -0.463 e. The summed E-state index contributed by atoms with van der Waals surface area (Å²) in [5.41, 5.74) is 0. The van der Waals surface area contributed by atoms with Crippen LogP contribution in [0.15, 0.2) is 0 Å². The van der Waals surface area contributed by atoms with Crippen LogP contribution in [-0.2, 0) is 23.8 Å². The summed E-state index contributed by atoms with van der Waals surface area (Å²) in [6, 6.07) is 0. The predicted octanol–water partition coefficient (Wildman–Crippen LogP) is 0.550. The van der Waals surface area contributed by atoms with Gasteiger partial charge in [-0.2, -0.15) is 8.42 Å². The van der Waals surface area contributed by atoms with Gasteiger partial charge in [0.2, 0.25) is 0 Å². The first-order chi connectivity index (χ1) is 6.22. The van der Waals surface area contributed by atoms with Gasteiger partial charge < -0.3 is 4.74 Å². The first kappa shape index (κ1) is 13.4. The Bertz CT molecular complexity index is 280. The molecule has 0 saturated carbocycles. The van der Waals surface area contributed by atoms with Crippen molar-refractivity contribution in [1.29, 1.82) is 0 Å². The van der Waals surface area contributed by atoms with Crippen molar-refractivity contribution in [3.8, 4) is 0 Å². The molecule has 0 aliphatic carbocycles. The predicted molar refractivity (Wildman–Crippen MR) is 51.2 cm³/mol. The van der Waals surface area contributed by atoms with Crippen LogP contribution in [0.3, 0.4) is 0 Å². The summed E-state index contributed by atoms with van der Waals surface area (Å²) in [6.45, 7) is 4.82. The van der Waals surface area contributed by atoms with Crippen molar-refractivity contribution in [1.82, 2.24) is 0 Å². The van der Waals surface area contributed by atoms with Gasteiger partial charge in [0.05, 0.1) is 24.9 Å². The Kier molecular flexibility index (Phi) is 5.07. The van der Waals surface area contributed by atoms with Gasteiger partial charge in [-0.3, -0.25) is 8.98 Å². The summed E-state index contributed by atoms with van der Waals surface area (Å²) in [7, 11) is -3.49. The Morgan fingerprint density at radius 3 is 2.14 bits per heavy atom. The molecule has 0 radical (unpaired) electrons. The Morgan fingerprint density at radius 2 is 1.79 bits per heavy atom. The lowest BCUT2D eigenvalue weighted by molar-refractivity contribution is -0.152. The molecule has 1 unspecified atom stereocenters. The fourth-order valence-electron chi connectivity index (χ4n) is 0.642. The van der Waals surface area contributed by atoms with Gasteiger partial charge in [-0.15, -0.1) is 0 Å². The van der Waals surface area contributed by atoms with E-state index in [-0.39, 0.29) is 12.7 Å². The second kappa shape index (κ2) is 5.31. The van der Waals surface area contributed by atoms with Crippen LogP contribution in [0, 0.1) is 5.92 Å². The second-order valence-electron chi connectivity index (χ2n) is 3.38. The molecule has 0 aliphatic heterocycles. The molecule has 0 spiro atoms. The fraction of sp³-hybridized carbons (Fsp3) is 0.875. The van der Waals surface area contributed by atoms with E-state index in [0.29, 0.717) is 0 Å². The zero-order chi connectivity index (χ0) is 11.4. The summed E-state index contributed by atoms with van der Waals surface area (Å²) < 4.78 is 30.5. The minimum absolute atomic E-state index is 0.176. The highest BCUT2D eigenvalue weighted by Gasteiger charge is 2.18. The van der Waals surface area contributed by atoms with Gasteiger partial charge in [-0.05, 0) is 20.8 Å². The first-order valence-corrected chi connectivity index (χ1v) is 6.09.